The van der Waals surface area contributed by atoms with Gasteiger partial charge in [-0.15, -0.1) is 28.2 Å². The van der Waals surface area contributed by atoms with Crippen molar-refractivity contribution in [2.75, 3.05) is 23.9 Å². The Bertz CT molecular complexity index is 1790. The third-order valence-corrected chi connectivity index (χ3v) is 9.52. The molecule has 2 aromatic rings. The molecule has 26 heteroatoms. The Balaban J connectivity index is 1.43. The summed E-state index contributed by atoms with van der Waals surface area (Å²) in [5.41, 5.74) is -1.78. The zero-order valence-corrected chi connectivity index (χ0v) is 29.0. The zero-order valence-electron chi connectivity index (χ0n) is 26.6. The van der Waals surface area contributed by atoms with Crippen LogP contribution in [0.1, 0.15) is 26.5 Å². The Hall–Kier alpha value is -4.98. The average molecular weight is 781 g/mol. The van der Waals surface area contributed by atoms with Crippen LogP contribution in [0.15, 0.2) is 27.0 Å². The number of fused-ring (bicyclic) bond motifs is 1. The second-order valence-corrected chi connectivity index (χ2v) is 14.1. The number of carbonyl (C=O) groups excluding carboxylic acids is 4. The van der Waals surface area contributed by atoms with Crippen molar-refractivity contribution in [3.8, 4) is 0 Å². The maximum Gasteiger partial charge on any atom is 0.471 e. The number of amides is 4. The molecule has 2 unspecified atom stereocenters. The van der Waals surface area contributed by atoms with Crippen LogP contribution >= 0.6 is 34.9 Å². The number of carboxylic acid groups (broad SMARTS) is 2. The second kappa shape index (κ2) is 15.5. The maximum absolute atomic E-state index is 13.2. The SMILES string of the molecule is CON=C(C(=O)NC1C(=O)N2C(C(=O)O)=C(CSc3nnnn3CC(NC(=O)OC(C)(C)C)C(=O)O)CS[C@@H]12)c1csc(NC(=O)C(F)(F)F)n1. The van der Waals surface area contributed by atoms with Crippen LogP contribution < -0.4 is 16.0 Å². The van der Waals surface area contributed by atoms with Crippen molar-refractivity contribution in [2.24, 2.45) is 5.16 Å². The number of alkyl carbamates (subject to hydrolysis) is 1. The van der Waals surface area contributed by atoms with Crippen molar-refractivity contribution >= 4 is 81.5 Å². The van der Waals surface area contributed by atoms with Crippen molar-refractivity contribution < 1.29 is 61.7 Å². The lowest BCUT2D eigenvalue weighted by Crippen LogP contribution is -2.71. The van der Waals surface area contributed by atoms with E-state index in [0.717, 1.165) is 45.6 Å². The molecular formula is C25H27F3N10O10S3. The number of anilines is 1. The Morgan fingerprint density at radius 2 is 1.90 bits per heavy atom. The summed E-state index contributed by atoms with van der Waals surface area (Å²) in [4.78, 5) is 83.2. The molecule has 4 amide bonds. The average Bonchev–Trinajstić information content (AvgIpc) is 3.68. The molecule has 0 radical (unpaired) electrons. The number of hydrogen-bond acceptors (Lipinski definition) is 16. The van der Waals surface area contributed by atoms with Gasteiger partial charge in [0.15, 0.2) is 10.8 Å². The van der Waals surface area contributed by atoms with E-state index >= 15 is 0 Å². The first-order valence-corrected chi connectivity index (χ1v) is 17.0. The Kier molecular flexibility index (Phi) is 11.8. The molecule has 5 N–H and O–H groups in total. The van der Waals surface area contributed by atoms with Crippen molar-refractivity contribution in [3.05, 3.63) is 22.3 Å². The van der Waals surface area contributed by atoms with Gasteiger partial charge in [0.05, 0.1) is 6.54 Å². The van der Waals surface area contributed by atoms with Crippen LogP contribution in [-0.2, 0) is 40.1 Å². The van der Waals surface area contributed by atoms with Crippen LogP contribution in [0.2, 0.25) is 0 Å². The van der Waals surface area contributed by atoms with Crippen LogP contribution in [0.5, 0.6) is 0 Å². The molecule has 276 valence electrons. The molecule has 1 fully saturated rings. The van der Waals surface area contributed by atoms with Gasteiger partial charge in [-0.2, -0.15) is 13.2 Å². The van der Waals surface area contributed by atoms with E-state index in [1.165, 1.54) is 0 Å². The van der Waals surface area contributed by atoms with Gasteiger partial charge in [-0.25, -0.2) is 24.0 Å². The van der Waals surface area contributed by atoms with Crippen molar-refractivity contribution in [2.45, 2.75) is 61.7 Å². The number of nitrogens with zero attached hydrogens (tertiary/aromatic N) is 7. The molecule has 51 heavy (non-hydrogen) atoms. The molecule has 2 aromatic heterocycles. The van der Waals surface area contributed by atoms with Gasteiger partial charge in [-0.3, -0.25) is 24.6 Å². The minimum absolute atomic E-state index is 0.0541. The largest absolute Gasteiger partial charge is 0.480 e. The van der Waals surface area contributed by atoms with Crippen LogP contribution in [0.25, 0.3) is 0 Å². The monoisotopic (exact) mass is 780 g/mol. The van der Waals surface area contributed by atoms with Gasteiger partial charge in [-0.05, 0) is 36.8 Å². The molecule has 4 rings (SSSR count). The number of halogens is 3. The topological polar surface area (TPSA) is 270 Å². The number of β-lactam (4-membered cyclic amide) rings is 1. The number of aliphatic carboxylic acids is 2. The number of ether oxygens (including phenoxy) is 1. The molecule has 0 aromatic carbocycles. The number of rotatable bonds is 13. The fourth-order valence-corrected chi connectivity index (χ4v) is 7.34. The third-order valence-electron chi connectivity index (χ3n) is 6.38. The van der Waals surface area contributed by atoms with E-state index in [1.807, 2.05) is 0 Å². The lowest BCUT2D eigenvalue weighted by Gasteiger charge is -2.49. The highest BCUT2D eigenvalue weighted by Gasteiger charge is 2.54. The van der Waals surface area contributed by atoms with Gasteiger partial charge < -0.3 is 30.4 Å². The lowest BCUT2D eigenvalue weighted by molar-refractivity contribution is -0.167. The van der Waals surface area contributed by atoms with E-state index in [1.54, 1.807) is 26.1 Å². The molecule has 2 aliphatic heterocycles. The Morgan fingerprint density at radius 1 is 1.20 bits per heavy atom. The minimum Gasteiger partial charge on any atom is -0.480 e. The smallest absolute Gasteiger partial charge is 0.471 e. The molecule has 0 saturated carbocycles. The van der Waals surface area contributed by atoms with E-state index in [0.29, 0.717) is 11.3 Å². The van der Waals surface area contributed by atoms with Crippen LogP contribution in [0, 0.1) is 0 Å². The number of nitrogens with one attached hydrogen (secondary N) is 3. The summed E-state index contributed by atoms with van der Waals surface area (Å²) >= 11 is 2.62. The number of hydrogen-bond donors (Lipinski definition) is 5. The Labute approximate surface area is 296 Å². The number of alkyl halides is 3. The summed E-state index contributed by atoms with van der Waals surface area (Å²) in [7, 11) is 1.08. The maximum atomic E-state index is 13.2. The quantitative estimate of drug-likeness (QED) is 0.0801. The molecule has 20 nitrogen and oxygen atoms in total. The van der Waals surface area contributed by atoms with Gasteiger partial charge in [0.2, 0.25) is 5.16 Å². The number of carbonyl (C=O) groups is 6. The lowest BCUT2D eigenvalue weighted by atomic mass is 10.0. The first-order valence-electron chi connectivity index (χ1n) is 14.1. The summed E-state index contributed by atoms with van der Waals surface area (Å²) in [6.45, 7) is 4.39. The first-order chi connectivity index (χ1) is 23.8. The number of tetrazole rings is 1. The summed E-state index contributed by atoms with van der Waals surface area (Å²) in [6, 6.07) is -2.73. The molecule has 0 bridgehead atoms. The van der Waals surface area contributed by atoms with Gasteiger partial charge in [0, 0.05) is 16.9 Å². The van der Waals surface area contributed by atoms with Crippen LogP contribution in [0.3, 0.4) is 0 Å². The standard InChI is InChI=1S/C25H27F3N10O10S3/c1-24(2,3)48-23(46)30-10(18(41)42)5-37-22(33-35-36-37)51-7-9-6-49-17-13(16(40)38(17)14(9)19(43)44)31-15(39)12(34-47-4)11-8-50-21(29-11)32-20(45)25(26,27)28/h8,10,13,17H,5-7H2,1-4H3,(H,30,46)(H,31,39)(H,41,42)(H,43,44)(H,29,32,45)/t10?,13?,17-/m0/s1. The Morgan fingerprint density at radius 3 is 2.51 bits per heavy atom. The predicted octanol–water partition coefficient (Wildman–Crippen LogP) is 0.490. The fourth-order valence-electron chi connectivity index (χ4n) is 4.28. The third kappa shape index (κ3) is 9.43. The van der Waals surface area contributed by atoms with Gasteiger partial charge >= 0.3 is 30.1 Å². The van der Waals surface area contributed by atoms with E-state index < -0.39 is 82.4 Å². The molecule has 0 aliphatic carbocycles. The molecule has 0 spiro atoms. The van der Waals surface area contributed by atoms with E-state index in [4.69, 9.17) is 4.74 Å². The number of carboxylic acids is 2. The van der Waals surface area contributed by atoms with Crippen molar-refractivity contribution in [1.29, 1.82) is 0 Å². The second-order valence-electron chi connectivity index (χ2n) is 11.2. The first kappa shape index (κ1) is 38.8. The van der Waals surface area contributed by atoms with Gasteiger partial charge in [-0.1, -0.05) is 16.9 Å². The van der Waals surface area contributed by atoms with Crippen molar-refractivity contribution in [3.63, 3.8) is 0 Å². The summed E-state index contributed by atoms with van der Waals surface area (Å²) in [5.74, 6) is -6.93. The molecule has 3 atom stereocenters. The zero-order chi connectivity index (χ0) is 37.8. The molecule has 1 saturated heterocycles. The predicted molar refractivity (Wildman–Crippen MR) is 169 cm³/mol. The van der Waals surface area contributed by atoms with E-state index in [2.05, 4.69) is 41.1 Å². The fraction of sp³-hybridized carbons (Fsp3) is 0.480. The molecule has 4 heterocycles. The summed E-state index contributed by atoms with van der Waals surface area (Å²) in [6.07, 6.45) is -6.17. The highest BCUT2D eigenvalue weighted by Crippen LogP contribution is 2.41. The number of oxime groups is 1. The normalized spacial score (nSPS) is 18.3. The van der Waals surface area contributed by atoms with Crippen LogP contribution in [-0.4, -0.2) is 130 Å². The van der Waals surface area contributed by atoms with E-state index in [9.17, 15) is 52.2 Å². The van der Waals surface area contributed by atoms with Gasteiger partial charge in [0.25, 0.3) is 11.8 Å². The highest BCUT2D eigenvalue weighted by atomic mass is 32.2. The summed E-state index contributed by atoms with van der Waals surface area (Å²) in [5, 5.41) is 40.3. The van der Waals surface area contributed by atoms with Crippen molar-refractivity contribution in [1.82, 2.24) is 40.7 Å². The van der Waals surface area contributed by atoms with Gasteiger partial charge in [0.1, 0.15) is 41.6 Å². The molecule has 2 aliphatic rings. The highest BCUT2D eigenvalue weighted by molar-refractivity contribution is 8.01. The molecular weight excluding hydrogens is 754 g/mol. The van der Waals surface area contributed by atoms with Crippen LogP contribution in [0.4, 0.5) is 23.1 Å². The van der Waals surface area contributed by atoms with E-state index in [-0.39, 0.29) is 33.6 Å². The number of thioether (sulfide) groups is 2. The number of thiazole rings is 1. The summed E-state index contributed by atoms with van der Waals surface area (Å²) < 4.78 is 44.0. The minimum atomic E-state index is -5.19. The number of aromatic nitrogens is 5.